The van der Waals surface area contributed by atoms with Gasteiger partial charge in [-0.15, -0.1) is 0 Å². The number of aromatic nitrogens is 2. The number of nitrogens with two attached hydrogens (primary N) is 1. The van der Waals surface area contributed by atoms with E-state index in [2.05, 4.69) is 67.2 Å². The Morgan fingerprint density at radius 2 is 1.79 bits per heavy atom. The van der Waals surface area contributed by atoms with E-state index in [0.29, 0.717) is 17.7 Å². The van der Waals surface area contributed by atoms with E-state index in [9.17, 15) is 0 Å². The summed E-state index contributed by atoms with van der Waals surface area (Å²) < 4.78 is 0. The minimum atomic E-state index is 0.465. The summed E-state index contributed by atoms with van der Waals surface area (Å²) in [5.74, 6) is 1.28. The SMILES string of the molecule is CN1CCN(NCc2ccc(Nc3ncc(N)c(NC4CCCC4)n3)cc2)CC1. The highest BCUT2D eigenvalue weighted by Gasteiger charge is 2.17. The predicted molar refractivity (Wildman–Crippen MR) is 118 cm³/mol. The zero-order valence-electron chi connectivity index (χ0n) is 17.2. The standard InChI is InChI=1S/C21H32N8/c1-28-10-12-29(13-11-28)24-14-16-6-8-18(9-7-16)26-21-23-15-19(22)20(27-21)25-17-4-2-3-5-17/h6-9,15,17,24H,2-5,10-14,22H2,1H3,(H2,23,25,26,27). The van der Waals surface area contributed by atoms with E-state index in [4.69, 9.17) is 5.73 Å². The fraction of sp³-hybridized carbons (Fsp3) is 0.524. The molecule has 0 amide bonds. The number of nitrogens with zero attached hydrogens (tertiary/aromatic N) is 4. The van der Waals surface area contributed by atoms with Gasteiger partial charge in [0.25, 0.3) is 0 Å². The average molecular weight is 397 g/mol. The van der Waals surface area contributed by atoms with E-state index in [0.717, 1.165) is 44.2 Å². The van der Waals surface area contributed by atoms with Crippen LogP contribution in [0.25, 0.3) is 0 Å². The molecule has 1 saturated heterocycles. The molecule has 1 aliphatic heterocycles. The Kier molecular flexibility index (Phi) is 6.43. The molecule has 0 unspecified atom stereocenters. The second kappa shape index (κ2) is 9.39. The molecule has 156 valence electrons. The topological polar surface area (TPSA) is 94.4 Å². The summed E-state index contributed by atoms with van der Waals surface area (Å²) in [6.07, 6.45) is 6.56. The molecule has 0 spiro atoms. The van der Waals surface area contributed by atoms with Gasteiger partial charge < -0.3 is 21.3 Å². The zero-order valence-corrected chi connectivity index (χ0v) is 17.2. The quantitative estimate of drug-likeness (QED) is 0.567. The molecule has 2 fully saturated rings. The Hall–Kier alpha value is -2.42. The molecule has 1 aromatic carbocycles. The van der Waals surface area contributed by atoms with Gasteiger partial charge in [-0.25, -0.2) is 9.99 Å². The molecule has 1 aliphatic carbocycles. The van der Waals surface area contributed by atoms with E-state index in [-0.39, 0.29) is 0 Å². The van der Waals surface area contributed by atoms with Crippen molar-refractivity contribution in [3.63, 3.8) is 0 Å². The minimum Gasteiger partial charge on any atom is -0.394 e. The van der Waals surface area contributed by atoms with Crippen molar-refractivity contribution in [3.05, 3.63) is 36.0 Å². The van der Waals surface area contributed by atoms with Crippen LogP contribution in [0.3, 0.4) is 0 Å². The molecule has 29 heavy (non-hydrogen) atoms. The van der Waals surface area contributed by atoms with Crippen LogP contribution in [0.4, 0.5) is 23.1 Å². The summed E-state index contributed by atoms with van der Waals surface area (Å²) in [5, 5.41) is 9.04. The maximum absolute atomic E-state index is 6.05. The molecule has 5 N–H and O–H groups in total. The van der Waals surface area contributed by atoms with Gasteiger partial charge in [0, 0.05) is 44.5 Å². The van der Waals surface area contributed by atoms with Crippen molar-refractivity contribution in [1.29, 1.82) is 0 Å². The first-order valence-corrected chi connectivity index (χ1v) is 10.6. The third-order valence-electron chi connectivity index (χ3n) is 5.73. The first kappa shape index (κ1) is 19.9. The number of hydrazine groups is 1. The molecule has 8 nitrogen and oxygen atoms in total. The van der Waals surface area contributed by atoms with Crippen LogP contribution < -0.4 is 21.8 Å². The highest BCUT2D eigenvalue weighted by Crippen LogP contribution is 2.25. The number of likely N-dealkylation sites (N-methyl/N-ethyl adjacent to an activating group) is 1. The summed E-state index contributed by atoms with van der Waals surface area (Å²) in [5.41, 5.74) is 12.4. The van der Waals surface area contributed by atoms with Crippen LogP contribution in [-0.2, 0) is 6.54 Å². The molecule has 1 saturated carbocycles. The Morgan fingerprint density at radius 1 is 1.07 bits per heavy atom. The van der Waals surface area contributed by atoms with Crippen molar-refractivity contribution in [2.75, 3.05) is 49.6 Å². The maximum Gasteiger partial charge on any atom is 0.229 e. The van der Waals surface area contributed by atoms with E-state index in [1.165, 1.54) is 31.2 Å². The van der Waals surface area contributed by atoms with Gasteiger partial charge in [-0.1, -0.05) is 25.0 Å². The second-order valence-corrected chi connectivity index (χ2v) is 8.07. The van der Waals surface area contributed by atoms with Gasteiger partial charge in [-0.2, -0.15) is 4.98 Å². The van der Waals surface area contributed by atoms with Crippen LogP contribution in [0, 0.1) is 0 Å². The van der Waals surface area contributed by atoms with Crippen molar-refractivity contribution >= 4 is 23.1 Å². The molecule has 2 aromatic rings. The summed E-state index contributed by atoms with van der Waals surface area (Å²) in [4.78, 5) is 11.3. The van der Waals surface area contributed by atoms with Crippen LogP contribution in [0.5, 0.6) is 0 Å². The van der Waals surface area contributed by atoms with Gasteiger partial charge in [-0.3, -0.25) is 5.43 Å². The van der Waals surface area contributed by atoms with Gasteiger partial charge >= 0.3 is 0 Å². The number of rotatable bonds is 7. The van der Waals surface area contributed by atoms with E-state index in [1.807, 2.05) is 0 Å². The number of anilines is 4. The molecule has 0 radical (unpaired) electrons. The highest BCUT2D eigenvalue weighted by atomic mass is 15.5. The van der Waals surface area contributed by atoms with Crippen molar-refractivity contribution in [2.24, 2.45) is 0 Å². The lowest BCUT2D eigenvalue weighted by atomic mass is 10.2. The first-order chi connectivity index (χ1) is 14.2. The maximum atomic E-state index is 6.05. The summed E-state index contributed by atoms with van der Waals surface area (Å²) in [7, 11) is 2.17. The zero-order chi connectivity index (χ0) is 20.1. The smallest absolute Gasteiger partial charge is 0.229 e. The van der Waals surface area contributed by atoms with Crippen LogP contribution in [0.1, 0.15) is 31.2 Å². The molecule has 1 aromatic heterocycles. The van der Waals surface area contributed by atoms with E-state index in [1.54, 1.807) is 6.20 Å². The van der Waals surface area contributed by atoms with Gasteiger partial charge in [0.2, 0.25) is 5.95 Å². The van der Waals surface area contributed by atoms with Crippen LogP contribution >= 0.6 is 0 Å². The number of nitrogens with one attached hydrogen (secondary N) is 3. The predicted octanol–water partition coefficient (Wildman–Crippen LogP) is 2.41. The van der Waals surface area contributed by atoms with E-state index >= 15 is 0 Å². The number of hydrogen-bond donors (Lipinski definition) is 4. The van der Waals surface area contributed by atoms with Crippen molar-refractivity contribution in [3.8, 4) is 0 Å². The Balaban J connectivity index is 1.31. The lowest BCUT2D eigenvalue weighted by molar-refractivity contribution is 0.102. The Labute approximate surface area is 172 Å². The lowest BCUT2D eigenvalue weighted by Crippen LogP contribution is -2.50. The molecule has 4 rings (SSSR count). The Morgan fingerprint density at radius 3 is 2.52 bits per heavy atom. The molecule has 2 heterocycles. The van der Waals surface area contributed by atoms with Gasteiger partial charge in [0.05, 0.1) is 11.9 Å². The van der Waals surface area contributed by atoms with Crippen molar-refractivity contribution in [2.45, 2.75) is 38.3 Å². The van der Waals surface area contributed by atoms with Crippen molar-refractivity contribution < 1.29 is 0 Å². The number of nitrogen functional groups attached to an aromatic ring is 1. The molecular formula is C21H32N8. The minimum absolute atomic E-state index is 0.465. The normalized spacial score (nSPS) is 18.8. The molecule has 0 atom stereocenters. The molecule has 2 aliphatic rings. The summed E-state index contributed by atoms with van der Waals surface area (Å²) >= 11 is 0. The Bertz CT molecular complexity index is 780. The van der Waals surface area contributed by atoms with Crippen LogP contribution in [-0.4, -0.2) is 59.1 Å². The molecule has 8 heteroatoms. The van der Waals surface area contributed by atoms with Crippen LogP contribution in [0.15, 0.2) is 30.5 Å². The molecule has 0 bridgehead atoms. The number of benzene rings is 1. The largest absolute Gasteiger partial charge is 0.394 e. The number of hydrogen-bond acceptors (Lipinski definition) is 8. The van der Waals surface area contributed by atoms with Gasteiger partial charge in [0.15, 0.2) is 5.82 Å². The highest BCUT2D eigenvalue weighted by molar-refractivity contribution is 5.64. The second-order valence-electron chi connectivity index (χ2n) is 8.07. The summed E-state index contributed by atoms with van der Waals surface area (Å²) in [6, 6.07) is 8.84. The monoisotopic (exact) mass is 396 g/mol. The fourth-order valence-electron chi connectivity index (χ4n) is 3.83. The first-order valence-electron chi connectivity index (χ1n) is 10.6. The lowest BCUT2D eigenvalue weighted by Gasteiger charge is -2.32. The number of piperazine rings is 1. The van der Waals surface area contributed by atoms with Gasteiger partial charge in [-0.05, 0) is 37.6 Å². The van der Waals surface area contributed by atoms with E-state index < -0.39 is 0 Å². The molecular weight excluding hydrogens is 364 g/mol. The third kappa shape index (κ3) is 5.56. The van der Waals surface area contributed by atoms with Gasteiger partial charge in [0.1, 0.15) is 0 Å². The summed E-state index contributed by atoms with van der Waals surface area (Å²) in [6.45, 7) is 5.16. The fourth-order valence-corrected chi connectivity index (χ4v) is 3.83. The van der Waals surface area contributed by atoms with Crippen molar-refractivity contribution in [1.82, 2.24) is 25.3 Å². The third-order valence-corrected chi connectivity index (χ3v) is 5.73. The average Bonchev–Trinajstić information content (AvgIpc) is 3.24. The van der Waals surface area contributed by atoms with Crippen LogP contribution in [0.2, 0.25) is 0 Å².